The van der Waals surface area contributed by atoms with Crippen LogP contribution in [-0.4, -0.2) is 32.2 Å². The van der Waals surface area contributed by atoms with Gasteiger partial charge in [0.15, 0.2) is 0 Å². The third-order valence-corrected chi connectivity index (χ3v) is 5.46. The minimum atomic E-state index is -0.107. The number of carbonyl (C=O) groups excluding carboxylic acids is 1. The fraction of sp³-hybridized carbons (Fsp3) is 0.250. The molecule has 0 atom stereocenters. The van der Waals surface area contributed by atoms with Crippen LogP contribution in [0.25, 0.3) is 22.3 Å². The van der Waals surface area contributed by atoms with Gasteiger partial charge in [-0.15, -0.1) is 0 Å². The van der Waals surface area contributed by atoms with E-state index in [1.807, 2.05) is 68.0 Å². The molecule has 6 nitrogen and oxygen atoms in total. The molecular weight excluding hydrogens is 374 g/mol. The summed E-state index contributed by atoms with van der Waals surface area (Å²) in [6.45, 7) is 6.61. The zero-order chi connectivity index (χ0) is 21.3. The van der Waals surface area contributed by atoms with Crippen molar-refractivity contribution in [2.24, 2.45) is 7.05 Å². The van der Waals surface area contributed by atoms with Crippen LogP contribution < -0.4 is 5.32 Å². The molecule has 0 aliphatic rings. The first kappa shape index (κ1) is 19.8. The molecule has 0 radical (unpaired) electrons. The molecule has 0 unspecified atom stereocenters. The molecule has 4 aromatic rings. The van der Waals surface area contributed by atoms with Gasteiger partial charge in [0.2, 0.25) is 0 Å². The number of aryl methyl sites for hydroxylation is 3. The lowest BCUT2D eigenvalue weighted by Crippen LogP contribution is -2.26. The highest BCUT2D eigenvalue weighted by Gasteiger charge is 2.15. The van der Waals surface area contributed by atoms with E-state index in [1.165, 1.54) is 5.56 Å². The highest BCUT2D eigenvalue weighted by molar-refractivity contribution is 6.07. The van der Waals surface area contributed by atoms with Crippen molar-refractivity contribution in [1.29, 1.82) is 0 Å². The van der Waals surface area contributed by atoms with Crippen molar-refractivity contribution in [3.63, 3.8) is 0 Å². The highest BCUT2D eigenvalue weighted by atomic mass is 16.1. The standard InChI is InChI=1S/C24H25N5O/c1-15-8-9-21-19(13-15)20(14-23(27-21)22-7-5-6-11-25-22)24(30)26-12-10-18-16(2)28-29(4)17(18)3/h5-9,11,13-14H,10,12H2,1-4H3,(H,26,30). The Labute approximate surface area is 176 Å². The van der Waals surface area contributed by atoms with E-state index < -0.39 is 0 Å². The zero-order valence-corrected chi connectivity index (χ0v) is 17.7. The van der Waals surface area contributed by atoms with Crippen LogP contribution in [0.4, 0.5) is 0 Å². The van der Waals surface area contributed by atoms with Crippen molar-refractivity contribution in [3.8, 4) is 11.4 Å². The largest absolute Gasteiger partial charge is 0.352 e. The van der Waals surface area contributed by atoms with Gasteiger partial charge in [-0.3, -0.25) is 14.5 Å². The van der Waals surface area contributed by atoms with E-state index in [1.54, 1.807) is 6.20 Å². The summed E-state index contributed by atoms with van der Waals surface area (Å²) in [7, 11) is 1.94. The van der Waals surface area contributed by atoms with Crippen LogP contribution in [0.3, 0.4) is 0 Å². The Morgan fingerprint density at radius 1 is 1.07 bits per heavy atom. The van der Waals surface area contributed by atoms with Gasteiger partial charge >= 0.3 is 0 Å². The van der Waals surface area contributed by atoms with E-state index in [2.05, 4.69) is 22.3 Å². The summed E-state index contributed by atoms with van der Waals surface area (Å²) in [5.41, 5.74) is 7.24. The number of hydrogen-bond acceptors (Lipinski definition) is 4. The van der Waals surface area contributed by atoms with Gasteiger partial charge in [0.05, 0.1) is 28.2 Å². The van der Waals surface area contributed by atoms with E-state index >= 15 is 0 Å². The summed E-state index contributed by atoms with van der Waals surface area (Å²) < 4.78 is 1.88. The summed E-state index contributed by atoms with van der Waals surface area (Å²) in [5.74, 6) is -0.107. The predicted octanol–water partition coefficient (Wildman–Crippen LogP) is 3.93. The van der Waals surface area contributed by atoms with Gasteiger partial charge in [0.1, 0.15) is 0 Å². The van der Waals surface area contributed by atoms with Crippen LogP contribution in [0, 0.1) is 20.8 Å². The Morgan fingerprint density at radius 2 is 1.90 bits per heavy atom. The topological polar surface area (TPSA) is 72.7 Å². The molecule has 0 aliphatic heterocycles. The van der Waals surface area contributed by atoms with Crippen LogP contribution in [0.2, 0.25) is 0 Å². The lowest BCUT2D eigenvalue weighted by Gasteiger charge is -2.11. The third-order valence-electron chi connectivity index (χ3n) is 5.46. The summed E-state index contributed by atoms with van der Waals surface area (Å²) in [6, 6.07) is 13.5. The first-order valence-corrected chi connectivity index (χ1v) is 10.0. The minimum absolute atomic E-state index is 0.107. The van der Waals surface area contributed by atoms with Gasteiger partial charge in [-0.05, 0) is 63.1 Å². The SMILES string of the molecule is Cc1ccc2nc(-c3ccccn3)cc(C(=O)NCCc3c(C)nn(C)c3C)c2c1. The van der Waals surface area contributed by atoms with E-state index in [0.29, 0.717) is 17.8 Å². The first-order chi connectivity index (χ1) is 14.4. The molecule has 0 saturated heterocycles. The molecule has 30 heavy (non-hydrogen) atoms. The fourth-order valence-electron chi connectivity index (χ4n) is 3.75. The Kier molecular flexibility index (Phi) is 5.31. The molecule has 0 spiro atoms. The Bertz CT molecular complexity index is 1230. The quantitative estimate of drug-likeness (QED) is 0.552. The van der Waals surface area contributed by atoms with Gasteiger partial charge in [0, 0.05) is 30.9 Å². The molecule has 0 aliphatic carbocycles. The summed E-state index contributed by atoms with van der Waals surface area (Å²) in [5, 5.41) is 8.38. The normalized spacial score (nSPS) is 11.1. The van der Waals surface area contributed by atoms with Gasteiger partial charge in [-0.2, -0.15) is 5.10 Å². The van der Waals surface area contributed by atoms with E-state index in [-0.39, 0.29) is 5.91 Å². The summed E-state index contributed by atoms with van der Waals surface area (Å²) in [4.78, 5) is 22.3. The number of nitrogens with zero attached hydrogens (tertiary/aromatic N) is 4. The summed E-state index contributed by atoms with van der Waals surface area (Å²) in [6.07, 6.45) is 2.47. The van der Waals surface area contributed by atoms with Crippen molar-refractivity contribution in [2.45, 2.75) is 27.2 Å². The molecule has 4 rings (SSSR count). The average molecular weight is 399 g/mol. The number of benzene rings is 1. The second-order valence-corrected chi connectivity index (χ2v) is 7.57. The second-order valence-electron chi connectivity index (χ2n) is 7.57. The van der Waals surface area contributed by atoms with Gasteiger partial charge in [-0.1, -0.05) is 17.7 Å². The van der Waals surface area contributed by atoms with Crippen molar-refractivity contribution in [1.82, 2.24) is 25.1 Å². The molecule has 6 heteroatoms. The van der Waals surface area contributed by atoms with Crippen molar-refractivity contribution >= 4 is 16.8 Å². The Morgan fingerprint density at radius 3 is 2.60 bits per heavy atom. The number of carbonyl (C=O) groups is 1. The number of nitrogens with one attached hydrogen (secondary N) is 1. The molecule has 1 amide bonds. The minimum Gasteiger partial charge on any atom is -0.352 e. The van der Waals surface area contributed by atoms with E-state index in [4.69, 9.17) is 4.98 Å². The van der Waals surface area contributed by atoms with Crippen LogP contribution in [0.5, 0.6) is 0 Å². The first-order valence-electron chi connectivity index (χ1n) is 10.0. The van der Waals surface area contributed by atoms with Gasteiger partial charge in [0.25, 0.3) is 5.91 Å². The third kappa shape index (κ3) is 3.81. The van der Waals surface area contributed by atoms with Crippen LogP contribution >= 0.6 is 0 Å². The second kappa shape index (κ2) is 8.06. The number of amides is 1. The van der Waals surface area contributed by atoms with E-state index in [0.717, 1.165) is 40.0 Å². The number of hydrogen-bond donors (Lipinski definition) is 1. The van der Waals surface area contributed by atoms with Gasteiger partial charge < -0.3 is 5.32 Å². The van der Waals surface area contributed by atoms with Crippen LogP contribution in [-0.2, 0) is 13.5 Å². The predicted molar refractivity (Wildman–Crippen MR) is 118 cm³/mol. The van der Waals surface area contributed by atoms with Crippen LogP contribution in [0.1, 0.15) is 32.9 Å². The van der Waals surface area contributed by atoms with Crippen molar-refractivity contribution < 1.29 is 4.79 Å². The Balaban J connectivity index is 1.64. The zero-order valence-electron chi connectivity index (χ0n) is 17.7. The number of fused-ring (bicyclic) bond motifs is 1. The maximum Gasteiger partial charge on any atom is 0.252 e. The molecule has 3 aromatic heterocycles. The smallest absolute Gasteiger partial charge is 0.252 e. The maximum atomic E-state index is 13.1. The van der Waals surface area contributed by atoms with Crippen LogP contribution in [0.15, 0.2) is 48.7 Å². The molecular formula is C24H25N5O. The molecule has 0 bridgehead atoms. The molecule has 0 saturated carbocycles. The molecule has 1 aromatic carbocycles. The summed E-state index contributed by atoms with van der Waals surface area (Å²) >= 11 is 0. The average Bonchev–Trinajstić information content (AvgIpc) is 2.99. The highest BCUT2D eigenvalue weighted by Crippen LogP contribution is 2.25. The molecule has 152 valence electrons. The monoisotopic (exact) mass is 399 g/mol. The maximum absolute atomic E-state index is 13.1. The lowest BCUT2D eigenvalue weighted by molar-refractivity contribution is 0.0955. The number of aromatic nitrogens is 4. The lowest BCUT2D eigenvalue weighted by atomic mass is 10.0. The molecule has 3 heterocycles. The fourth-order valence-corrected chi connectivity index (χ4v) is 3.75. The number of pyridine rings is 2. The van der Waals surface area contributed by atoms with Crippen molar-refractivity contribution in [3.05, 3.63) is 76.7 Å². The van der Waals surface area contributed by atoms with Gasteiger partial charge in [-0.25, -0.2) is 4.98 Å². The molecule has 1 N–H and O–H groups in total. The Hall–Kier alpha value is -3.54. The number of rotatable bonds is 5. The molecule has 0 fully saturated rings. The van der Waals surface area contributed by atoms with E-state index in [9.17, 15) is 4.79 Å². The van der Waals surface area contributed by atoms with Crippen molar-refractivity contribution in [2.75, 3.05) is 6.54 Å².